The van der Waals surface area contributed by atoms with E-state index < -0.39 is 31.1 Å². The van der Waals surface area contributed by atoms with E-state index in [1.54, 1.807) is 0 Å². The van der Waals surface area contributed by atoms with Crippen molar-refractivity contribution >= 4 is 9.84 Å². The van der Waals surface area contributed by atoms with Gasteiger partial charge in [-0.2, -0.15) is 0 Å². The van der Waals surface area contributed by atoms with E-state index in [4.69, 9.17) is 0 Å². The molecule has 2 rings (SSSR count). The summed E-state index contributed by atoms with van der Waals surface area (Å²) in [4.78, 5) is -0.864. The SMILES string of the molecule is Cc1c(O)ccc(S(=O)(=O)c2ccc(O)c(C)c2O)c1O. The Hall–Kier alpha value is -2.41. The van der Waals surface area contributed by atoms with Crippen LogP contribution < -0.4 is 0 Å². The fourth-order valence-electron chi connectivity index (χ4n) is 1.88. The summed E-state index contributed by atoms with van der Waals surface area (Å²) in [7, 11) is -4.20. The van der Waals surface area contributed by atoms with Crippen LogP contribution >= 0.6 is 0 Å². The third-order valence-electron chi connectivity index (χ3n) is 3.31. The molecule has 0 spiro atoms. The Morgan fingerprint density at radius 2 is 1.05 bits per heavy atom. The number of phenols is 4. The Labute approximate surface area is 121 Å². The van der Waals surface area contributed by atoms with Gasteiger partial charge >= 0.3 is 0 Å². The van der Waals surface area contributed by atoms with Crippen LogP contribution in [0.1, 0.15) is 11.1 Å². The van der Waals surface area contributed by atoms with Crippen LogP contribution in [0.4, 0.5) is 0 Å². The second kappa shape index (κ2) is 4.85. The zero-order valence-corrected chi connectivity index (χ0v) is 12.1. The first-order chi connectivity index (χ1) is 9.67. The molecule has 0 radical (unpaired) electrons. The lowest BCUT2D eigenvalue weighted by Gasteiger charge is -2.12. The van der Waals surface area contributed by atoms with E-state index in [-0.39, 0.29) is 22.6 Å². The number of rotatable bonds is 2. The minimum Gasteiger partial charge on any atom is -0.508 e. The van der Waals surface area contributed by atoms with Gasteiger partial charge in [-0.15, -0.1) is 0 Å². The monoisotopic (exact) mass is 310 g/mol. The van der Waals surface area contributed by atoms with Crippen molar-refractivity contribution in [2.75, 3.05) is 0 Å². The van der Waals surface area contributed by atoms with Crippen molar-refractivity contribution in [2.45, 2.75) is 23.6 Å². The van der Waals surface area contributed by atoms with Gasteiger partial charge in [0, 0.05) is 11.1 Å². The average molecular weight is 310 g/mol. The Morgan fingerprint density at radius 3 is 1.38 bits per heavy atom. The molecule has 21 heavy (non-hydrogen) atoms. The van der Waals surface area contributed by atoms with Gasteiger partial charge < -0.3 is 20.4 Å². The third kappa shape index (κ3) is 2.25. The quantitative estimate of drug-likeness (QED) is 0.674. The molecule has 0 amide bonds. The van der Waals surface area contributed by atoms with Crippen molar-refractivity contribution in [2.24, 2.45) is 0 Å². The summed E-state index contributed by atoms with van der Waals surface area (Å²) < 4.78 is 25.0. The van der Waals surface area contributed by atoms with Gasteiger partial charge in [0.2, 0.25) is 9.84 Å². The van der Waals surface area contributed by atoms with Gasteiger partial charge in [-0.3, -0.25) is 0 Å². The second-order valence-corrected chi connectivity index (χ2v) is 6.50. The fourth-order valence-corrected chi connectivity index (χ4v) is 3.43. The van der Waals surface area contributed by atoms with Gasteiger partial charge in [-0.05, 0) is 38.1 Å². The molecular formula is C14H14O6S. The van der Waals surface area contributed by atoms with Crippen molar-refractivity contribution < 1.29 is 28.8 Å². The molecule has 0 saturated carbocycles. The normalized spacial score (nSPS) is 11.5. The van der Waals surface area contributed by atoms with Crippen molar-refractivity contribution in [1.29, 1.82) is 0 Å². The molecule has 2 aromatic rings. The molecule has 0 heterocycles. The Kier molecular flexibility index (Phi) is 3.46. The van der Waals surface area contributed by atoms with Crippen molar-refractivity contribution in [3.05, 3.63) is 35.4 Å². The summed E-state index contributed by atoms with van der Waals surface area (Å²) >= 11 is 0. The molecule has 0 unspecified atom stereocenters. The number of benzene rings is 2. The zero-order valence-electron chi connectivity index (χ0n) is 11.3. The van der Waals surface area contributed by atoms with E-state index >= 15 is 0 Å². The van der Waals surface area contributed by atoms with Gasteiger partial charge in [0.1, 0.15) is 32.8 Å². The predicted molar refractivity (Wildman–Crippen MR) is 74.5 cm³/mol. The molecule has 7 heteroatoms. The largest absolute Gasteiger partial charge is 0.508 e. The number of hydrogen-bond donors (Lipinski definition) is 4. The Bertz CT molecular complexity index is 760. The maximum Gasteiger partial charge on any atom is 0.213 e. The molecule has 0 aromatic heterocycles. The summed E-state index contributed by atoms with van der Waals surface area (Å²) in [6.07, 6.45) is 0. The lowest BCUT2D eigenvalue weighted by molar-refractivity contribution is 0.429. The first-order valence-electron chi connectivity index (χ1n) is 5.96. The highest BCUT2D eigenvalue weighted by Gasteiger charge is 2.27. The Morgan fingerprint density at radius 1 is 0.714 bits per heavy atom. The van der Waals surface area contributed by atoms with Crippen molar-refractivity contribution in [3.8, 4) is 23.0 Å². The lowest BCUT2D eigenvalue weighted by atomic mass is 10.2. The van der Waals surface area contributed by atoms with Gasteiger partial charge in [0.25, 0.3) is 0 Å². The summed E-state index contributed by atoms with van der Waals surface area (Å²) in [5, 5.41) is 38.8. The molecule has 0 fully saturated rings. The molecule has 112 valence electrons. The number of sulfone groups is 1. The predicted octanol–water partition coefficient (Wildman–Crippen LogP) is 1.96. The van der Waals surface area contributed by atoms with Crippen LogP contribution in [0.2, 0.25) is 0 Å². The van der Waals surface area contributed by atoms with Crippen molar-refractivity contribution in [3.63, 3.8) is 0 Å². The van der Waals surface area contributed by atoms with Gasteiger partial charge in [0.15, 0.2) is 0 Å². The third-order valence-corrected chi connectivity index (χ3v) is 5.13. The molecule has 0 aliphatic carbocycles. The topological polar surface area (TPSA) is 115 Å². The van der Waals surface area contributed by atoms with Gasteiger partial charge in [-0.25, -0.2) is 8.42 Å². The molecule has 0 aliphatic rings. The zero-order chi connectivity index (χ0) is 15.9. The highest BCUT2D eigenvalue weighted by molar-refractivity contribution is 7.91. The van der Waals surface area contributed by atoms with Crippen molar-refractivity contribution in [1.82, 2.24) is 0 Å². The fraction of sp³-hybridized carbons (Fsp3) is 0.143. The molecule has 4 N–H and O–H groups in total. The molecule has 6 nitrogen and oxygen atoms in total. The van der Waals surface area contributed by atoms with Crippen LogP contribution in [0.25, 0.3) is 0 Å². The molecule has 0 aliphatic heterocycles. The maximum absolute atomic E-state index is 12.5. The number of hydrogen-bond acceptors (Lipinski definition) is 6. The first kappa shape index (κ1) is 15.0. The van der Waals surface area contributed by atoms with E-state index in [2.05, 4.69) is 0 Å². The van der Waals surface area contributed by atoms with Crippen LogP contribution in [0.15, 0.2) is 34.1 Å². The van der Waals surface area contributed by atoms with Crippen LogP contribution in [-0.4, -0.2) is 28.8 Å². The van der Waals surface area contributed by atoms with E-state index in [1.165, 1.54) is 13.8 Å². The smallest absolute Gasteiger partial charge is 0.213 e. The van der Waals surface area contributed by atoms with E-state index in [0.29, 0.717) is 0 Å². The summed E-state index contributed by atoms with van der Waals surface area (Å²) in [5.74, 6) is -1.64. The maximum atomic E-state index is 12.5. The lowest BCUT2D eigenvalue weighted by Crippen LogP contribution is -2.04. The van der Waals surface area contributed by atoms with Gasteiger partial charge in [0.05, 0.1) is 0 Å². The molecule has 0 bridgehead atoms. The van der Waals surface area contributed by atoms with Crippen LogP contribution in [-0.2, 0) is 9.84 Å². The Balaban J connectivity index is 2.75. The number of aromatic hydroxyl groups is 4. The van der Waals surface area contributed by atoms with Gasteiger partial charge in [-0.1, -0.05) is 0 Å². The molecule has 0 atom stereocenters. The average Bonchev–Trinajstić information content (AvgIpc) is 2.41. The molecule has 2 aromatic carbocycles. The van der Waals surface area contributed by atoms with E-state index in [1.807, 2.05) is 0 Å². The summed E-state index contributed by atoms with van der Waals surface area (Å²) in [6, 6.07) is 4.39. The van der Waals surface area contributed by atoms with E-state index in [9.17, 15) is 28.8 Å². The molecular weight excluding hydrogens is 296 g/mol. The highest BCUT2D eigenvalue weighted by Crippen LogP contribution is 2.40. The second-order valence-electron chi connectivity index (χ2n) is 4.62. The van der Waals surface area contributed by atoms with Crippen LogP contribution in [0.3, 0.4) is 0 Å². The minimum atomic E-state index is -4.20. The number of phenolic OH excluding ortho intramolecular Hbond substituents is 4. The standard InChI is InChI=1S/C14H14O6S/c1-7-9(15)3-5-11(13(7)17)21(19,20)12-6-4-10(16)8(2)14(12)18/h3-6,15-18H,1-2H3. The van der Waals surface area contributed by atoms with E-state index in [0.717, 1.165) is 24.3 Å². The van der Waals surface area contributed by atoms with Crippen LogP contribution in [0, 0.1) is 13.8 Å². The molecule has 0 saturated heterocycles. The summed E-state index contributed by atoms with van der Waals surface area (Å²) in [5.41, 5.74) is 0.0390. The first-order valence-corrected chi connectivity index (χ1v) is 7.44. The summed E-state index contributed by atoms with van der Waals surface area (Å²) in [6.45, 7) is 2.73. The highest BCUT2D eigenvalue weighted by atomic mass is 32.2. The minimum absolute atomic E-state index is 0.0195. The van der Waals surface area contributed by atoms with Crippen LogP contribution in [0.5, 0.6) is 23.0 Å².